The summed E-state index contributed by atoms with van der Waals surface area (Å²) in [6, 6.07) is 6.86. The molecule has 0 radical (unpaired) electrons. The van der Waals surface area contributed by atoms with Crippen molar-refractivity contribution in [3.05, 3.63) is 58.6 Å². The first-order valence-electron chi connectivity index (χ1n) is 10.5. The number of anilines is 1. The summed E-state index contributed by atoms with van der Waals surface area (Å²) in [4.78, 5) is 34.4. The van der Waals surface area contributed by atoms with E-state index in [1.54, 1.807) is 14.1 Å². The van der Waals surface area contributed by atoms with Crippen molar-refractivity contribution in [3.63, 3.8) is 0 Å². The molecule has 0 saturated carbocycles. The zero-order valence-electron chi connectivity index (χ0n) is 19.1. The fourth-order valence-electron chi connectivity index (χ4n) is 3.88. The van der Waals surface area contributed by atoms with Crippen LogP contribution in [0.4, 0.5) is 14.5 Å². The molecule has 0 unspecified atom stereocenters. The van der Waals surface area contributed by atoms with E-state index in [0.29, 0.717) is 11.4 Å². The SMILES string of the molecule is CN(C)C(=O)CC[C@@]1(C)C[C@@](CF)(c2cc(NC(=O)c3ccc(Cl)cn3)ccc2F)N=C(N)S1. The van der Waals surface area contributed by atoms with Crippen LogP contribution in [-0.2, 0) is 10.3 Å². The molecule has 1 aliphatic rings. The van der Waals surface area contributed by atoms with Gasteiger partial charge in [0.15, 0.2) is 5.17 Å². The van der Waals surface area contributed by atoms with Gasteiger partial charge in [-0.25, -0.2) is 18.8 Å². The fraction of sp³-hybridized carbons (Fsp3) is 0.391. The lowest BCUT2D eigenvalue weighted by atomic mass is 9.80. The third kappa shape index (κ3) is 5.85. The van der Waals surface area contributed by atoms with Crippen LogP contribution in [0, 0.1) is 5.82 Å². The molecule has 182 valence electrons. The van der Waals surface area contributed by atoms with E-state index in [9.17, 15) is 14.0 Å². The third-order valence-electron chi connectivity index (χ3n) is 5.61. The Morgan fingerprint density at radius 1 is 1.29 bits per heavy atom. The highest BCUT2D eigenvalue weighted by Gasteiger charge is 2.46. The summed E-state index contributed by atoms with van der Waals surface area (Å²) in [6.07, 6.45) is 2.10. The number of nitrogens with zero attached hydrogens (tertiary/aromatic N) is 3. The lowest BCUT2D eigenvalue weighted by molar-refractivity contribution is -0.128. The molecule has 3 N–H and O–H groups in total. The predicted octanol–water partition coefficient (Wildman–Crippen LogP) is 4.37. The topological polar surface area (TPSA) is 101 Å². The second-order valence-electron chi connectivity index (χ2n) is 8.64. The van der Waals surface area contributed by atoms with Crippen molar-refractivity contribution in [2.45, 2.75) is 36.5 Å². The summed E-state index contributed by atoms with van der Waals surface area (Å²) in [5, 5.41) is 3.14. The van der Waals surface area contributed by atoms with E-state index < -0.39 is 28.7 Å². The number of amidine groups is 1. The average molecular weight is 510 g/mol. The zero-order valence-corrected chi connectivity index (χ0v) is 20.6. The third-order valence-corrected chi connectivity index (χ3v) is 6.98. The van der Waals surface area contributed by atoms with Gasteiger partial charge in [-0.15, -0.1) is 0 Å². The Bertz CT molecular complexity index is 1120. The molecule has 2 aromatic rings. The average Bonchev–Trinajstić information content (AvgIpc) is 2.78. The number of carbonyl (C=O) groups excluding carboxylic acids is 2. The first-order valence-corrected chi connectivity index (χ1v) is 11.7. The fourth-order valence-corrected chi connectivity index (χ4v) is 5.24. The normalized spacial score (nSPS) is 22.1. The molecule has 0 fully saturated rings. The Hall–Kier alpha value is -2.72. The lowest BCUT2D eigenvalue weighted by Crippen LogP contribution is -2.44. The highest BCUT2D eigenvalue weighted by Crippen LogP contribution is 2.48. The molecule has 7 nitrogen and oxygen atoms in total. The molecule has 1 aromatic carbocycles. The van der Waals surface area contributed by atoms with Gasteiger partial charge in [-0.2, -0.15) is 0 Å². The molecule has 3 rings (SSSR count). The number of nitrogens with two attached hydrogens (primary N) is 1. The largest absolute Gasteiger partial charge is 0.378 e. The Morgan fingerprint density at radius 3 is 2.65 bits per heavy atom. The van der Waals surface area contributed by atoms with E-state index in [0.717, 1.165) is 6.07 Å². The minimum absolute atomic E-state index is 0.0229. The van der Waals surface area contributed by atoms with Crippen LogP contribution in [-0.4, -0.2) is 52.4 Å². The Balaban J connectivity index is 1.91. The molecule has 11 heteroatoms. The van der Waals surface area contributed by atoms with Gasteiger partial charge < -0.3 is 16.0 Å². The number of hydrogen-bond acceptors (Lipinski definition) is 6. The van der Waals surface area contributed by atoms with E-state index in [1.807, 2.05) is 6.92 Å². The van der Waals surface area contributed by atoms with E-state index >= 15 is 4.39 Å². The maximum absolute atomic E-state index is 15.0. The number of rotatable bonds is 7. The van der Waals surface area contributed by atoms with Gasteiger partial charge in [-0.05, 0) is 50.1 Å². The number of thioether (sulfide) groups is 1. The van der Waals surface area contributed by atoms with Crippen molar-refractivity contribution in [2.24, 2.45) is 10.7 Å². The number of alkyl halides is 1. The molecular weight excluding hydrogens is 484 g/mol. The number of pyridine rings is 1. The van der Waals surface area contributed by atoms with Crippen LogP contribution in [0.25, 0.3) is 0 Å². The summed E-state index contributed by atoms with van der Waals surface area (Å²) >= 11 is 7.06. The van der Waals surface area contributed by atoms with Crippen LogP contribution in [0.15, 0.2) is 41.5 Å². The molecule has 1 aromatic heterocycles. The van der Waals surface area contributed by atoms with E-state index in [4.69, 9.17) is 17.3 Å². The summed E-state index contributed by atoms with van der Waals surface area (Å²) < 4.78 is 29.0. The highest BCUT2D eigenvalue weighted by atomic mass is 35.5. The van der Waals surface area contributed by atoms with Gasteiger partial charge in [0, 0.05) is 42.7 Å². The number of aromatic nitrogens is 1. The molecule has 34 heavy (non-hydrogen) atoms. The van der Waals surface area contributed by atoms with E-state index in [2.05, 4.69) is 15.3 Å². The number of amides is 2. The number of aliphatic imine (C=N–C) groups is 1. The van der Waals surface area contributed by atoms with Crippen molar-refractivity contribution in [1.82, 2.24) is 9.88 Å². The summed E-state index contributed by atoms with van der Waals surface area (Å²) in [7, 11) is 3.32. The number of nitrogens with one attached hydrogen (secondary N) is 1. The van der Waals surface area contributed by atoms with E-state index in [1.165, 1.54) is 47.1 Å². The zero-order chi connectivity index (χ0) is 25.1. The molecule has 0 saturated heterocycles. The van der Waals surface area contributed by atoms with Crippen molar-refractivity contribution in [2.75, 3.05) is 26.1 Å². The quantitative estimate of drug-likeness (QED) is 0.577. The second-order valence-corrected chi connectivity index (χ2v) is 10.7. The van der Waals surface area contributed by atoms with Gasteiger partial charge in [-0.1, -0.05) is 23.4 Å². The molecule has 2 amide bonds. The molecule has 0 aliphatic carbocycles. The smallest absolute Gasteiger partial charge is 0.274 e. The first-order chi connectivity index (χ1) is 16.0. The van der Waals surface area contributed by atoms with Crippen molar-refractivity contribution in [1.29, 1.82) is 0 Å². The standard InChI is InChI=1S/C23H26ClF2N5O2S/c1-22(9-8-19(32)31(2)3)12-23(13-25,30-21(27)34-22)16-10-15(5-6-17(16)26)29-20(33)18-7-4-14(24)11-28-18/h4-7,10-11H,8-9,12-13H2,1-3H3,(H2,27,30)(H,29,33)/t22-,23+/m0/s1. The molecule has 2 atom stereocenters. The molecule has 0 spiro atoms. The van der Waals surface area contributed by atoms with Crippen LogP contribution >= 0.6 is 23.4 Å². The van der Waals surface area contributed by atoms with Crippen LogP contribution in [0.2, 0.25) is 5.02 Å². The van der Waals surface area contributed by atoms with Crippen molar-refractivity contribution >= 4 is 46.0 Å². The Labute approximate surface area is 206 Å². The number of halogens is 3. The summed E-state index contributed by atoms with van der Waals surface area (Å²) in [6.45, 7) is 0.862. The molecule has 1 aliphatic heterocycles. The molecule has 2 heterocycles. The number of hydrogen-bond donors (Lipinski definition) is 2. The van der Waals surface area contributed by atoms with Gasteiger partial charge >= 0.3 is 0 Å². The van der Waals surface area contributed by atoms with Gasteiger partial charge in [0.25, 0.3) is 5.91 Å². The minimum Gasteiger partial charge on any atom is -0.378 e. The number of benzene rings is 1. The maximum Gasteiger partial charge on any atom is 0.274 e. The van der Waals surface area contributed by atoms with Gasteiger partial charge in [0.1, 0.15) is 23.7 Å². The maximum atomic E-state index is 15.0. The lowest BCUT2D eigenvalue weighted by Gasteiger charge is -2.42. The predicted molar refractivity (Wildman–Crippen MR) is 131 cm³/mol. The van der Waals surface area contributed by atoms with Gasteiger partial charge in [0.05, 0.1) is 5.02 Å². The summed E-state index contributed by atoms with van der Waals surface area (Å²) in [5.74, 6) is -1.27. The Morgan fingerprint density at radius 2 is 2.03 bits per heavy atom. The van der Waals surface area contributed by atoms with Crippen LogP contribution in [0.3, 0.4) is 0 Å². The van der Waals surface area contributed by atoms with Crippen molar-refractivity contribution in [3.8, 4) is 0 Å². The monoisotopic (exact) mass is 509 g/mol. The molecule has 0 bridgehead atoms. The minimum atomic E-state index is -1.59. The Kier molecular flexibility index (Phi) is 7.82. The number of carbonyl (C=O) groups is 2. The molecular formula is C23H26ClF2N5O2S. The van der Waals surface area contributed by atoms with E-state index in [-0.39, 0.29) is 40.9 Å². The highest BCUT2D eigenvalue weighted by molar-refractivity contribution is 8.15. The van der Waals surface area contributed by atoms with Gasteiger partial charge in [-0.3, -0.25) is 9.59 Å². The van der Waals surface area contributed by atoms with Crippen LogP contribution in [0.5, 0.6) is 0 Å². The van der Waals surface area contributed by atoms with Crippen molar-refractivity contribution < 1.29 is 18.4 Å². The van der Waals surface area contributed by atoms with Gasteiger partial charge in [0.2, 0.25) is 5.91 Å². The van der Waals surface area contributed by atoms with Crippen LogP contribution < -0.4 is 11.1 Å². The first kappa shape index (κ1) is 25.9. The van der Waals surface area contributed by atoms with Crippen LogP contribution in [0.1, 0.15) is 42.2 Å². The second kappa shape index (κ2) is 10.3. The summed E-state index contributed by atoms with van der Waals surface area (Å²) in [5.41, 5.74) is 4.82.